The van der Waals surface area contributed by atoms with Gasteiger partial charge in [0, 0.05) is 44.5 Å². The molecule has 144 valence electrons. The molecule has 0 N–H and O–H groups in total. The third-order valence-corrected chi connectivity index (χ3v) is 7.22. The van der Waals surface area contributed by atoms with Crippen molar-refractivity contribution in [1.82, 2.24) is 14.8 Å². The van der Waals surface area contributed by atoms with Gasteiger partial charge >= 0.3 is 0 Å². The summed E-state index contributed by atoms with van der Waals surface area (Å²) in [4.78, 5) is 9.02. The van der Waals surface area contributed by atoms with Gasteiger partial charge in [-0.2, -0.15) is 0 Å². The Morgan fingerprint density at radius 3 is 2.44 bits per heavy atom. The predicted molar refractivity (Wildman–Crippen MR) is 104 cm³/mol. The number of methoxy groups -OCH3 is 1. The Balaban J connectivity index is 1.53. The fraction of sp³-hybridized carbons (Fsp3) is 0.450. The van der Waals surface area contributed by atoms with Gasteiger partial charge < -0.3 is 4.74 Å². The molecule has 27 heavy (non-hydrogen) atoms. The lowest BCUT2D eigenvalue weighted by atomic mass is 10.0. The molecule has 2 aromatic rings. The number of piperazine rings is 1. The second-order valence-electron chi connectivity index (χ2n) is 7.33. The molecule has 3 heterocycles. The van der Waals surface area contributed by atoms with Crippen LogP contribution in [0, 0.1) is 0 Å². The van der Waals surface area contributed by atoms with Crippen LogP contribution in [0.3, 0.4) is 0 Å². The van der Waals surface area contributed by atoms with Gasteiger partial charge in [0.1, 0.15) is 5.75 Å². The van der Waals surface area contributed by atoms with E-state index in [1.54, 1.807) is 13.3 Å². The lowest BCUT2D eigenvalue weighted by Gasteiger charge is -2.43. The third kappa shape index (κ3) is 4.15. The minimum atomic E-state index is -3.02. The average Bonchev–Trinajstić information content (AvgIpc) is 3.01. The zero-order chi connectivity index (χ0) is 18.9. The Hall–Kier alpha value is -1.96. The van der Waals surface area contributed by atoms with Gasteiger partial charge in [-0.15, -0.1) is 0 Å². The maximum atomic E-state index is 12.4. The highest BCUT2D eigenvalue weighted by Crippen LogP contribution is 2.29. The van der Waals surface area contributed by atoms with Crippen LogP contribution in [0.15, 0.2) is 48.7 Å². The van der Waals surface area contributed by atoms with Gasteiger partial charge in [0.15, 0.2) is 9.84 Å². The van der Waals surface area contributed by atoms with Crippen LogP contribution in [0.4, 0.5) is 0 Å². The van der Waals surface area contributed by atoms with E-state index in [0.29, 0.717) is 6.54 Å². The summed E-state index contributed by atoms with van der Waals surface area (Å²) in [7, 11) is -1.36. The summed E-state index contributed by atoms with van der Waals surface area (Å²) < 4.78 is 30.1. The second-order valence-corrected chi connectivity index (χ2v) is 9.48. The van der Waals surface area contributed by atoms with E-state index in [1.165, 1.54) is 0 Å². The van der Waals surface area contributed by atoms with Crippen molar-refractivity contribution in [3.63, 3.8) is 0 Å². The Bertz CT molecular complexity index is 888. The third-order valence-electron chi connectivity index (χ3n) is 5.52. The predicted octanol–water partition coefficient (Wildman–Crippen LogP) is 1.57. The smallest absolute Gasteiger partial charge is 0.153 e. The molecule has 0 saturated carbocycles. The first-order chi connectivity index (χ1) is 13.0. The molecule has 0 amide bonds. The van der Waals surface area contributed by atoms with Crippen LogP contribution in [-0.2, 0) is 22.9 Å². The minimum absolute atomic E-state index is 0.0244. The topological polar surface area (TPSA) is 62.7 Å². The molecule has 2 aliphatic heterocycles. The van der Waals surface area contributed by atoms with Crippen LogP contribution < -0.4 is 4.74 Å². The Kier molecular flexibility index (Phi) is 5.16. The van der Waals surface area contributed by atoms with Gasteiger partial charge in [-0.05, 0) is 29.8 Å². The largest absolute Gasteiger partial charge is 0.497 e. The van der Waals surface area contributed by atoms with Crippen LogP contribution in [0.1, 0.15) is 11.3 Å². The fourth-order valence-corrected chi connectivity index (χ4v) is 6.24. The van der Waals surface area contributed by atoms with Crippen molar-refractivity contribution < 1.29 is 13.2 Å². The van der Waals surface area contributed by atoms with Crippen molar-refractivity contribution >= 4 is 9.84 Å². The number of pyridine rings is 1. The quantitative estimate of drug-likeness (QED) is 0.776. The number of hydrogen-bond acceptors (Lipinski definition) is 6. The summed E-state index contributed by atoms with van der Waals surface area (Å²) in [6.07, 6.45) is 1.79. The molecule has 1 aromatic heterocycles. The molecular weight excluding hydrogens is 362 g/mol. The molecule has 1 aromatic carbocycles. The van der Waals surface area contributed by atoms with Crippen LogP contribution in [0.2, 0.25) is 0 Å². The Morgan fingerprint density at radius 1 is 1.04 bits per heavy atom. The van der Waals surface area contributed by atoms with Gasteiger partial charge in [0.05, 0.1) is 24.3 Å². The number of rotatable bonds is 5. The molecule has 2 fully saturated rings. The van der Waals surface area contributed by atoms with Crippen molar-refractivity contribution in [3.8, 4) is 5.75 Å². The van der Waals surface area contributed by atoms with Crippen LogP contribution >= 0.6 is 0 Å². The first-order valence-electron chi connectivity index (χ1n) is 9.25. The number of ether oxygens (including phenoxy) is 1. The number of sulfone groups is 1. The monoisotopic (exact) mass is 387 g/mol. The highest BCUT2D eigenvalue weighted by Gasteiger charge is 2.46. The molecule has 6 nitrogen and oxygen atoms in total. The molecule has 4 rings (SSSR count). The van der Waals surface area contributed by atoms with E-state index in [4.69, 9.17) is 4.74 Å². The zero-order valence-electron chi connectivity index (χ0n) is 15.5. The Labute approximate surface area is 160 Å². The van der Waals surface area contributed by atoms with Crippen LogP contribution in [0.5, 0.6) is 5.75 Å². The summed E-state index contributed by atoms with van der Waals surface area (Å²) in [5, 5.41) is 0. The van der Waals surface area contributed by atoms with Crippen molar-refractivity contribution in [2.75, 3.05) is 31.7 Å². The van der Waals surface area contributed by atoms with Crippen molar-refractivity contribution in [2.24, 2.45) is 0 Å². The van der Waals surface area contributed by atoms with Gasteiger partial charge in [-0.3, -0.25) is 14.8 Å². The lowest BCUT2D eigenvalue weighted by Crippen LogP contribution is -2.58. The van der Waals surface area contributed by atoms with Crippen molar-refractivity contribution in [1.29, 1.82) is 0 Å². The lowest BCUT2D eigenvalue weighted by molar-refractivity contribution is 0.0347. The summed E-state index contributed by atoms with van der Waals surface area (Å²) >= 11 is 0. The molecule has 0 radical (unpaired) electrons. The number of hydrogen-bond donors (Lipinski definition) is 0. The van der Waals surface area contributed by atoms with E-state index in [9.17, 15) is 8.42 Å². The maximum absolute atomic E-state index is 12.4. The maximum Gasteiger partial charge on any atom is 0.153 e. The average molecular weight is 388 g/mol. The first kappa shape index (κ1) is 18.4. The van der Waals surface area contributed by atoms with Gasteiger partial charge in [-0.1, -0.05) is 18.2 Å². The molecule has 2 saturated heterocycles. The van der Waals surface area contributed by atoms with E-state index < -0.39 is 9.84 Å². The molecule has 2 aliphatic rings. The van der Waals surface area contributed by atoms with Gasteiger partial charge in [-0.25, -0.2) is 8.42 Å². The molecular formula is C20H25N3O3S. The number of benzene rings is 1. The van der Waals surface area contributed by atoms with E-state index in [1.807, 2.05) is 36.4 Å². The van der Waals surface area contributed by atoms with Crippen molar-refractivity contribution in [3.05, 3.63) is 59.9 Å². The van der Waals surface area contributed by atoms with E-state index >= 15 is 0 Å². The van der Waals surface area contributed by atoms with E-state index in [2.05, 4.69) is 20.9 Å². The summed E-state index contributed by atoms with van der Waals surface area (Å²) in [5.74, 6) is 1.30. The molecule has 0 aliphatic carbocycles. The summed E-state index contributed by atoms with van der Waals surface area (Å²) in [6.45, 7) is 3.13. The van der Waals surface area contributed by atoms with Crippen LogP contribution in [-0.4, -0.2) is 67.0 Å². The van der Waals surface area contributed by atoms with Crippen molar-refractivity contribution in [2.45, 2.75) is 25.2 Å². The fourth-order valence-electron chi connectivity index (χ4n) is 4.19. The SMILES string of the molecule is COc1cccc(CN2CCN(Cc3ccccn3)[C@@H]3CS(=O)(=O)C[C@@H]32)c1. The molecule has 0 bridgehead atoms. The molecule has 7 heteroatoms. The minimum Gasteiger partial charge on any atom is -0.497 e. The van der Waals surface area contributed by atoms with Crippen LogP contribution in [0.25, 0.3) is 0 Å². The highest BCUT2D eigenvalue weighted by molar-refractivity contribution is 7.91. The highest BCUT2D eigenvalue weighted by atomic mass is 32.2. The first-order valence-corrected chi connectivity index (χ1v) is 11.1. The van der Waals surface area contributed by atoms with E-state index in [0.717, 1.165) is 36.6 Å². The number of fused-ring (bicyclic) bond motifs is 1. The zero-order valence-corrected chi connectivity index (χ0v) is 16.3. The van der Waals surface area contributed by atoms with E-state index in [-0.39, 0.29) is 23.6 Å². The normalized spacial score (nSPS) is 25.2. The molecule has 0 unspecified atom stereocenters. The summed E-state index contributed by atoms with van der Waals surface area (Å²) in [6, 6.07) is 13.9. The number of aromatic nitrogens is 1. The Morgan fingerprint density at radius 2 is 1.78 bits per heavy atom. The summed E-state index contributed by atoms with van der Waals surface area (Å²) in [5.41, 5.74) is 2.14. The van der Waals surface area contributed by atoms with Gasteiger partial charge in [0.2, 0.25) is 0 Å². The number of nitrogens with zero attached hydrogens (tertiary/aromatic N) is 3. The second kappa shape index (κ2) is 7.58. The standard InChI is InChI=1S/C20H25N3O3S/c1-26-18-7-4-5-16(11-18)12-22-9-10-23(13-17-6-2-3-8-21-17)20-15-27(24,25)14-19(20)22/h2-8,11,19-20H,9-10,12-15H2,1H3/t19-,20+/m0/s1. The molecule has 0 spiro atoms. The van der Waals surface area contributed by atoms with Gasteiger partial charge in [0.25, 0.3) is 0 Å². The molecule has 2 atom stereocenters.